The van der Waals surface area contributed by atoms with Crippen molar-refractivity contribution in [3.8, 4) is 0 Å². The van der Waals surface area contributed by atoms with Gasteiger partial charge in [-0.2, -0.15) is 0 Å². The summed E-state index contributed by atoms with van der Waals surface area (Å²) in [4.78, 5) is 25.5. The van der Waals surface area contributed by atoms with E-state index in [4.69, 9.17) is 14.6 Å². The van der Waals surface area contributed by atoms with Crippen LogP contribution in [0.25, 0.3) is 0 Å². The molecule has 1 fully saturated rings. The van der Waals surface area contributed by atoms with Crippen molar-refractivity contribution < 1.29 is 24.2 Å². The standard InChI is InChI=1S/C21H23NO5/c1-26-18-11-12-22(21(25)27-14-15-5-3-2-4-6-15)19(13-18)16-7-9-17(10-8-16)20(23)24/h2-10,18-19H,11-14H2,1H3,(H,23,24)/t18-,19-/m0/s1. The van der Waals surface area contributed by atoms with Crippen LogP contribution in [-0.4, -0.2) is 41.8 Å². The molecule has 0 spiro atoms. The number of carboxylic acids is 1. The quantitative estimate of drug-likeness (QED) is 0.866. The Hall–Kier alpha value is -2.86. The van der Waals surface area contributed by atoms with Crippen LogP contribution in [0.5, 0.6) is 0 Å². The normalized spacial score (nSPS) is 19.5. The maximum atomic E-state index is 12.7. The number of rotatable bonds is 5. The third kappa shape index (κ3) is 4.65. The third-order valence-corrected chi connectivity index (χ3v) is 4.87. The number of hydrogen-bond acceptors (Lipinski definition) is 4. The van der Waals surface area contributed by atoms with E-state index in [1.165, 1.54) is 0 Å². The molecule has 1 aliphatic heterocycles. The number of carbonyl (C=O) groups excluding carboxylic acids is 1. The van der Waals surface area contributed by atoms with E-state index in [1.807, 2.05) is 30.3 Å². The Balaban J connectivity index is 1.74. The zero-order chi connectivity index (χ0) is 19.2. The fourth-order valence-corrected chi connectivity index (χ4v) is 3.33. The molecule has 27 heavy (non-hydrogen) atoms. The van der Waals surface area contributed by atoms with Gasteiger partial charge in [-0.15, -0.1) is 0 Å². The topological polar surface area (TPSA) is 76.1 Å². The van der Waals surface area contributed by atoms with Crippen molar-refractivity contribution in [2.75, 3.05) is 13.7 Å². The second-order valence-electron chi connectivity index (χ2n) is 6.56. The zero-order valence-corrected chi connectivity index (χ0v) is 15.2. The first-order valence-corrected chi connectivity index (χ1v) is 8.92. The molecule has 0 saturated carbocycles. The van der Waals surface area contributed by atoms with Crippen LogP contribution in [0.3, 0.4) is 0 Å². The molecular weight excluding hydrogens is 346 g/mol. The van der Waals surface area contributed by atoms with Crippen LogP contribution in [0.1, 0.15) is 40.4 Å². The predicted octanol–water partition coefficient (Wildman–Crippen LogP) is 3.87. The Kier molecular flexibility index (Phi) is 6.08. The molecule has 6 nitrogen and oxygen atoms in total. The molecule has 2 aromatic carbocycles. The molecule has 0 aliphatic carbocycles. The van der Waals surface area contributed by atoms with Gasteiger partial charge in [-0.25, -0.2) is 9.59 Å². The Bertz CT molecular complexity index is 775. The Morgan fingerprint density at radius 2 is 1.81 bits per heavy atom. The summed E-state index contributed by atoms with van der Waals surface area (Å²) in [6.45, 7) is 0.742. The summed E-state index contributed by atoms with van der Waals surface area (Å²) in [5.41, 5.74) is 2.02. The lowest BCUT2D eigenvalue weighted by Gasteiger charge is -2.38. The van der Waals surface area contributed by atoms with E-state index in [-0.39, 0.29) is 30.4 Å². The first-order valence-electron chi connectivity index (χ1n) is 8.92. The van der Waals surface area contributed by atoms with Gasteiger partial charge in [-0.05, 0) is 36.1 Å². The number of benzene rings is 2. The molecule has 2 aromatic rings. The highest BCUT2D eigenvalue weighted by atomic mass is 16.6. The second kappa shape index (κ2) is 8.68. The Morgan fingerprint density at radius 1 is 1.11 bits per heavy atom. The Labute approximate surface area is 158 Å². The van der Waals surface area contributed by atoms with E-state index < -0.39 is 5.97 Å². The van der Waals surface area contributed by atoms with E-state index in [2.05, 4.69) is 0 Å². The van der Waals surface area contributed by atoms with Gasteiger partial charge in [0.1, 0.15) is 6.61 Å². The van der Waals surface area contributed by atoms with Crippen LogP contribution < -0.4 is 0 Å². The molecular formula is C21H23NO5. The minimum atomic E-state index is -0.973. The smallest absolute Gasteiger partial charge is 0.410 e. The lowest BCUT2D eigenvalue weighted by atomic mass is 9.93. The number of hydrogen-bond donors (Lipinski definition) is 1. The molecule has 1 heterocycles. The highest BCUT2D eigenvalue weighted by Crippen LogP contribution is 2.33. The van der Waals surface area contributed by atoms with Crippen LogP contribution in [-0.2, 0) is 16.1 Å². The van der Waals surface area contributed by atoms with Crippen molar-refractivity contribution in [2.45, 2.75) is 31.6 Å². The minimum absolute atomic E-state index is 0.0484. The van der Waals surface area contributed by atoms with E-state index >= 15 is 0 Å². The number of methoxy groups -OCH3 is 1. The summed E-state index contributed by atoms with van der Waals surface area (Å²) < 4.78 is 11.0. The van der Waals surface area contributed by atoms with Crippen LogP contribution in [0.2, 0.25) is 0 Å². The molecule has 142 valence electrons. The van der Waals surface area contributed by atoms with E-state index in [0.717, 1.165) is 17.5 Å². The first kappa shape index (κ1) is 18.9. The molecule has 0 bridgehead atoms. The molecule has 0 radical (unpaired) electrons. The van der Waals surface area contributed by atoms with Crippen molar-refractivity contribution in [1.82, 2.24) is 4.90 Å². The number of carbonyl (C=O) groups is 2. The average Bonchev–Trinajstić information content (AvgIpc) is 2.72. The Morgan fingerprint density at radius 3 is 2.44 bits per heavy atom. The van der Waals surface area contributed by atoms with Crippen molar-refractivity contribution >= 4 is 12.1 Å². The monoisotopic (exact) mass is 369 g/mol. The summed E-state index contributed by atoms with van der Waals surface area (Å²) in [6.07, 6.45) is 1.05. The van der Waals surface area contributed by atoms with Gasteiger partial charge in [-0.1, -0.05) is 42.5 Å². The van der Waals surface area contributed by atoms with E-state index in [9.17, 15) is 9.59 Å². The highest BCUT2D eigenvalue weighted by molar-refractivity contribution is 5.87. The summed E-state index contributed by atoms with van der Waals surface area (Å²) in [5, 5.41) is 9.08. The number of ether oxygens (including phenoxy) is 2. The lowest BCUT2D eigenvalue weighted by Crippen LogP contribution is -2.43. The molecule has 6 heteroatoms. The molecule has 0 aromatic heterocycles. The zero-order valence-electron chi connectivity index (χ0n) is 15.2. The van der Waals surface area contributed by atoms with Crippen molar-refractivity contribution in [3.63, 3.8) is 0 Å². The SMILES string of the molecule is CO[C@H]1CCN(C(=O)OCc2ccccc2)[C@H](c2ccc(C(=O)O)cc2)C1. The molecule has 1 saturated heterocycles. The fourth-order valence-electron chi connectivity index (χ4n) is 3.33. The molecule has 1 N–H and O–H groups in total. The molecule has 3 rings (SSSR count). The summed E-state index contributed by atoms with van der Waals surface area (Å²) in [7, 11) is 1.67. The summed E-state index contributed by atoms with van der Waals surface area (Å²) in [6, 6.07) is 15.9. The number of nitrogens with zero attached hydrogens (tertiary/aromatic N) is 1. The van der Waals surface area contributed by atoms with Crippen LogP contribution in [0, 0.1) is 0 Å². The lowest BCUT2D eigenvalue weighted by molar-refractivity contribution is 0.00474. The number of amides is 1. The highest BCUT2D eigenvalue weighted by Gasteiger charge is 2.33. The van der Waals surface area contributed by atoms with Gasteiger partial charge in [0.15, 0.2) is 0 Å². The second-order valence-corrected chi connectivity index (χ2v) is 6.56. The summed E-state index contributed by atoms with van der Waals surface area (Å²) in [5.74, 6) is -0.973. The van der Waals surface area contributed by atoms with Gasteiger partial charge in [0.25, 0.3) is 0 Å². The molecule has 1 aliphatic rings. The third-order valence-electron chi connectivity index (χ3n) is 4.87. The van der Waals surface area contributed by atoms with Crippen molar-refractivity contribution in [2.24, 2.45) is 0 Å². The fraction of sp³-hybridized carbons (Fsp3) is 0.333. The van der Waals surface area contributed by atoms with Gasteiger partial charge in [-0.3, -0.25) is 0 Å². The van der Waals surface area contributed by atoms with Gasteiger partial charge < -0.3 is 19.5 Å². The van der Waals surface area contributed by atoms with Gasteiger partial charge in [0.05, 0.1) is 17.7 Å². The van der Waals surface area contributed by atoms with Gasteiger partial charge >= 0.3 is 12.1 Å². The van der Waals surface area contributed by atoms with Crippen LogP contribution in [0.15, 0.2) is 54.6 Å². The van der Waals surface area contributed by atoms with E-state index in [1.54, 1.807) is 36.3 Å². The van der Waals surface area contributed by atoms with E-state index in [0.29, 0.717) is 13.0 Å². The van der Waals surface area contributed by atoms with Crippen LogP contribution >= 0.6 is 0 Å². The van der Waals surface area contributed by atoms with Crippen LogP contribution in [0.4, 0.5) is 4.79 Å². The molecule has 2 atom stereocenters. The number of piperidine rings is 1. The summed E-state index contributed by atoms with van der Waals surface area (Å²) >= 11 is 0. The maximum Gasteiger partial charge on any atom is 0.410 e. The average molecular weight is 369 g/mol. The largest absolute Gasteiger partial charge is 0.478 e. The maximum absolute atomic E-state index is 12.7. The first-order chi connectivity index (χ1) is 13.1. The van der Waals surface area contributed by atoms with Crippen molar-refractivity contribution in [1.29, 1.82) is 0 Å². The number of aromatic carboxylic acids is 1. The number of carboxylic acid groups (broad SMARTS) is 1. The molecule has 0 unspecified atom stereocenters. The number of likely N-dealkylation sites (tertiary alicyclic amines) is 1. The van der Waals surface area contributed by atoms with Gasteiger partial charge in [0, 0.05) is 13.7 Å². The minimum Gasteiger partial charge on any atom is -0.478 e. The predicted molar refractivity (Wildman–Crippen MR) is 99.5 cm³/mol. The van der Waals surface area contributed by atoms with Gasteiger partial charge in [0.2, 0.25) is 0 Å². The molecule has 1 amide bonds. The van der Waals surface area contributed by atoms with Crippen molar-refractivity contribution in [3.05, 3.63) is 71.3 Å².